The fraction of sp³-hybridized carbons (Fsp3) is 0.121. The van der Waals surface area contributed by atoms with Crippen molar-refractivity contribution in [3.05, 3.63) is 113 Å². The van der Waals surface area contributed by atoms with E-state index in [1.165, 1.54) is 39.2 Å². The lowest BCUT2D eigenvalue weighted by Crippen LogP contribution is -2.30. The second kappa shape index (κ2) is 15.5. The highest BCUT2D eigenvalue weighted by Gasteiger charge is 2.18. The monoisotopic (exact) mass is 631 g/mol. The Hall–Kier alpha value is -4.93. The lowest BCUT2D eigenvalue weighted by molar-refractivity contribution is -0.114. The highest BCUT2D eigenvalue weighted by atomic mass is 35.5. The van der Waals surface area contributed by atoms with Crippen LogP contribution in [0.1, 0.15) is 15.9 Å². The molecule has 0 unspecified atom stereocenters. The van der Waals surface area contributed by atoms with Gasteiger partial charge in [0.15, 0.2) is 11.5 Å². The quantitative estimate of drug-likeness (QED) is 0.121. The van der Waals surface area contributed by atoms with Gasteiger partial charge < -0.3 is 30.2 Å². The Labute approximate surface area is 264 Å². The maximum Gasteiger partial charge on any atom is 0.272 e. The molecule has 4 rings (SSSR count). The number of thioether (sulfide) groups is 1. The van der Waals surface area contributed by atoms with Crippen molar-refractivity contribution in [3.8, 4) is 17.2 Å². The molecule has 3 amide bonds. The number of halogens is 1. The molecule has 0 saturated heterocycles. The number of anilines is 2. The van der Waals surface area contributed by atoms with Gasteiger partial charge in [-0.15, -0.1) is 11.8 Å². The van der Waals surface area contributed by atoms with Gasteiger partial charge in [-0.1, -0.05) is 41.9 Å². The molecule has 4 aromatic rings. The maximum atomic E-state index is 13.6. The van der Waals surface area contributed by atoms with Gasteiger partial charge in [-0.2, -0.15) is 0 Å². The molecule has 0 aliphatic carbocycles. The predicted octanol–water partition coefficient (Wildman–Crippen LogP) is 6.51. The number of methoxy groups -OCH3 is 3. The number of nitrogens with one attached hydrogen (secondary N) is 3. The van der Waals surface area contributed by atoms with Crippen LogP contribution in [0.2, 0.25) is 5.02 Å². The maximum absolute atomic E-state index is 13.6. The molecule has 0 atom stereocenters. The van der Waals surface area contributed by atoms with Gasteiger partial charge in [-0.25, -0.2) is 0 Å². The summed E-state index contributed by atoms with van der Waals surface area (Å²) < 4.78 is 16.3. The zero-order valence-corrected chi connectivity index (χ0v) is 25.8. The minimum atomic E-state index is -0.566. The van der Waals surface area contributed by atoms with Crippen molar-refractivity contribution < 1.29 is 28.6 Å². The first-order valence-corrected chi connectivity index (χ1v) is 14.6. The summed E-state index contributed by atoms with van der Waals surface area (Å²) in [7, 11) is 4.47. The molecule has 9 nitrogen and oxygen atoms in total. The first-order chi connectivity index (χ1) is 21.3. The first-order valence-electron chi connectivity index (χ1n) is 13.3. The van der Waals surface area contributed by atoms with Gasteiger partial charge in [0.2, 0.25) is 11.7 Å². The fourth-order valence-corrected chi connectivity index (χ4v) is 5.01. The summed E-state index contributed by atoms with van der Waals surface area (Å²) in [4.78, 5) is 39.8. The van der Waals surface area contributed by atoms with Crippen molar-refractivity contribution in [1.82, 2.24) is 5.32 Å². The number of hydrogen-bond donors (Lipinski definition) is 3. The van der Waals surface area contributed by atoms with Crippen LogP contribution >= 0.6 is 23.4 Å². The second-order valence-electron chi connectivity index (χ2n) is 9.17. The Bertz CT molecular complexity index is 1650. The van der Waals surface area contributed by atoms with Crippen LogP contribution in [0, 0.1) is 0 Å². The summed E-state index contributed by atoms with van der Waals surface area (Å²) in [5.74, 6) is 0.0718. The molecule has 0 fully saturated rings. The molecule has 4 aromatic carbocycles. The molecule has 0 heterocycles. The third kappa shape index (κ3) is 8.79. The number of amides is 3. The highest BCUT2D eigenvalue weighted by Crippen LogP contribution is 2.38. The summed E-state index contributed by atoms with van der Waals surface area (Å²) in [5, 5.41) is 8.88. The van der Waals surface area contributed by atoms with Crippen molar-refractivity contribution in [3.63, 3.8) is 0 Å². The minimum Gasteiger partial charge on any atom is -0.493 e. The number of carbonyl (C=O) groups excluding carboxylic acids is 3. The predicted molar refractivity (Wildman–Crippen MR) is 174 cm³/mol. The highest BCUT2D eigenvalue weighted by molar-refractivity contribution is 8.00. The standard InChI is InChI=1S/C33H30ClN3O6S/c1-41-28-16-21(17-29(42-2)31(28)43-3)15-27(37-32(39)22-9-5-4-6-10-22)33(40)36-25-13-8-14-26(19-25)44-20-30(38)35-24-12-7-11-23(34)18-24/h4-19H,20H2,1-3H3,(H,35,38)(H,36,40)(H,37,39)/b27-15+. The third-order valence-electron chi connectivity index (χ3n) is 6.10. The van der Waals surface area contributed by atoms with Crippen molar-refractivity contribution >= 4 is 58.5 Å². The topological polar surface area (TPSA) is 115 Å². The molecule has 0 radical (unpaired) electrons. The van der Waals surface area contributed by atoms with Gasteiger partial charge in [0.1, 0.15) is 5.70 Å². The Balaban J connectivity index is 1.54. The minimum absolute atomic E-state index is 0.0212. The molecular weight excluding hydrogens is 602 g/mol. The van der Waals surface area contributed by atoms with Gasteiger partial charge in [-0.3, -0.25) is 14.4 Å². The van der Waals surface area contributed by atoms with E-state index >= 15 is 0 Å². The van der Waals surface area contributed by atoms with Gasteiger partial charge in [0, 0.05) is 26.9 Å². The molecule has 0 spiro atoms. The van der Waals surface area contributed by atoms with E-state index in [4.69, 9.17) is 25.8 Å². The Kier molecular flexibility index (Phi) is 11.3. The van der Waals surface area contributed by atoms with Crippen LogP contribution in [-0.4, -0.2) is 44.8 Å². The van der Waals surface area contributed by atoms with Gasteiger partial charge in [0.05, 0.1) is 27.1 Å². The average Bonchev–Trinajstić information content (AvgIpc) is 3.03. The molecule has 11 heteroatoms. The zero-order chi connectivity index (χ0) is 31.5. The number of ether oxygens (including phenoxy) is 3. The van der Waals surface area contributed by atoms with Crippen LogP contribution in [0.4, 0.5) is 11.4 Å². The van der Waals surface area contributed by atoms with Gasteiger partial charge >= 0.3 is 0 Å². The number of hydrogen-bond acceptors (Lipinski definition) is 7. The summed E-state index contributed by atoms with van der Waals surface area (Å²) in [6, 6.07) is 25.8. The third-order valence-corrected chi connectivity index (χ3v) is 7.33. The largest absolute Gasteiger partial charge is 0.493 e. The number of carbonyl (C=O) groups is 3. The Morgan fingerprint density at radius 3 is 2.07 bits per heavy atom. The molecule has 0 aliphatic heterocycles. The zero-order valence-electron chi connectivity index (χ0n) is 24.2. The molecular formula is C33H30ClN3O6S. The smallest absolute Gasteiger partial charge is 0.272 e. The Morgan fingerprint density at radius 1 is 0.773 bits per heavy atom. The van der Waals surface area contributed by atoms with E-state index in [0.29, 0.717) is 44.8 Å². The van der Waals surface area contributed by atoms with Crippen LogP contribution < -0.4 is 30.2 Å². The SMILES string of the molecule is COc1cc(/C=C(/NC(=O)c2ccccc2)C(=O)Nc2cccc(SCC(=O)Nc3cccc(Cl)c3)c2)cc(OC)c1OC. The molecule has 3 N–H and O–H groups in total. The molecule has 0 saturated carbocycles. The van der Waals surface area contributed by atoms with E-state index in [9.17, 15) is 14.4 Å². The summed E-state index contributed by atoms with van der Waals surface area (Å²) in [6.07, 6.45) is 1.51. The van der Waals surface area contributed by atoms with Crippen LogP contribution in [0.5, 0.6) is 17.2 Å². The number of rotatable bonds is 12. The lowest BCUT2D eigenvalue weighted by Gasteiger charge is -2.15. The Morgan fingerprint density at radius 2 is 1.43 bits per heavy atom. The molecule has 226 valence electrons. The molecule has 0 aromatic heterocycles. The van der Waals surface area contributed by atoms with Crippen molar-refractivity contribution in [1.29, 1.82) is 0 Å². The van der Waals surface area contributed by atoms with Gasteiger partial charge in [-0.05, 0) is 72.3 Å². The van der Waals surface area contributed by atoms with Gasteiger partial charge in [0.25, 0.3) is 11.8 Å². The van der Waals surface area contributed by atoms with E-state index in [1.54, 1.807) is 84.9 Å². The summed E-state index contributed by atoms with van der Waals surface area (Å²) >= 11 is 7.30. The molecule has 0 aliphatic rings. The van der Waals surface area contributed by atoms with E-state index in [1.807, 2.05) is 6.07 Å². The lowest BCUT2D eigenvalue weighted by atomic mass is 10.1. The van der Waals surface area contributed by atoms with Crippen LogP contribution in [0.3, 0.4) is 0 Å². The van der Waals surface area contributed by atoms with E-state index in [-0.39, 0.29) is 17.4 Å². The second-order valence-corrected chi connectivity index (χ2v) is 10.7. The number of benzene rings is 4. The van der Waals surface area contributed by atoms with Crippen molar-refractivity contribution in [2.45, 2.75) is 4.90 Å². The van der Waals surface area contributed by atoms with Crippen LogP contribution in [-0.2, 0) is 9.59 Å². The molecule has 0 bridgehead atoms. The van der Waals surface area contributed by atoms with E-state index < -0.39 is 11.8 Å². The first kappa shape index (κ1) is 32.0. The normalized spacial score (nSPS) is 10.9. The summed E-state index contributed by atoms with van der Waals surface area (Å²) in [5.41, 5.74) is 1.96. The molecule has 44 heavy (non-hydrogen) atoms. The average molecular weight is 632 g/mol. The fourth-order valence-electron chi connectivity index (χ4n) is 4.07. The summed E-state index contributed by atoms with van der Waals surface area (Å²) in [6.45, 7) is 0. The van der Waals surface area contributed by atoms with Crippen molar-refractivity contribution in [2.75, 3.05) is 37.7 Å². The van der Waals surface area contributed by atoms with E-state index in [2.05, 4.69) is 16.0 Å². The van der Waals surface area contributed by atoms with Crippen LogP contribution in [0.25, 0.3) is 6.08 Å². The van der Waals surface area contributed by atoms with Crippen LogP contribution in [0.15, 0.2) is 102 Å². The van der Waals surface area contributed by atoms with E-state index in [0.717, 1.165) is 4.90 Å². The van der Waals surface area contributed by atoms with Crippen molar-refractivity contribution in [2.24, 2.45) is 0 Å².